The summed E-state index contributed by atoms with van der Waals surface area (Å²) in [6.45, 7) is 2.54. The maximum absolute atomic E-state index is 12.9. The maximum atomic E-state index is 12.9. The number of amides is 1. The Morgan fingerprint density at radius 2 is 2.00 bits per heavy atom. The standard InChI is InChI=1S/C16H12ClF3N4O/c1-2-24-14-6-3-9(7-13(14)22-23-24)15(25)21-10-4-5-12(17)11(8-10)16(18,19)20/h3-8H,2H2,1H3,(H,21,25). The minimum atomic E-state index is -4.60. The van der Waals surface area contributed by atoms with Crippen LogP contribution in [0.1, 0.15) is 22.8 Å². The molecule has 0 saturated carbocycles. The van der Waals surface area contributed by atoms with Gasteiger partial charge in [0.1, 0.15) is 5.52 Å². The number of carbonyl (C=O) groups excluding carboxylic acids is 1. The van der Waals surface area contributed by atoms with E-state index in [0.29, 0.717) is 12.1 Å². The van der Waals surface area contributed by atoms with E-state index in [1.54, 1.807) is 16.8 Å². The molecular weight excluding hydrogens is 357 g/mol. The number of halogens is 4. The number of aryl methyl sites for hydroxylation is 1. The zero-order valence-electron chi connectivity index (χ0n) is 12.9. The molecule has 0 aliphatic carbocycles. The zero-order valence-corrected chi connectivity index (χ0v) is 13.7. The maximum Gasteiger partial charge on any atom is 0.417 e. The van der Waals surface area contributed by atoms with Crippen molar-refractivity contribution in [2.75, 3.05) is 5.32 Å². The summed E-state index contributed by atoms with van der Waals surface area (Å²) in [5.41, 5.74) is 0.554. The lowest BCUT2D eigenvalue weighted by Gasteiger charge is -2.12. The highest BCUT2D eigenvalue weighted by Gasteiger charge is 2.33. The number of anilines is 1. The number of carbonyl (C=O) groups is 1. The minimum absolute atomic E-state index is 0.000894. The monoisotopic (exact) mass is 368 g/mol. The van der Waals surface area contributed by atoms with Crippen molar-refractivity contribution in [3.63, 3.8) is 0 Å². The van der Waals surface area contributed by atoms with Crippen LogP contribution in [0, 0.1) is 0 Å². The Hall–Kier alpha value is -2.61. The molecule has 0 unspecified atom stereocenters. The van der Waals surface area contributed by atoms with Gasteiger partial charge in [0.2, 0.25) is 0 Å². The first-order chi connectivity index (χ1) is 11.8. The normalized spacial score (nSPS) is 11.7. The van der Waals surface area contributed by atoms with Crippen molar-refractivity contribution in [2.24, 2.45) is 0 Å². The molecule has 9 heteroatoms. The lowest BCUT2D eigenvalue weighted by molar-refractivity contribution is -0.137. The molecule has 0 bridgehead atoms. The Morgan fingerprint density at radius 1 is 1.24 bits per heavy atom. The van der Waals surface area contributed by atoms with Crippen molar-refractivity contribution >= 4 is 34.2 Å². The molecule has 3 rings (SSSR count). The van der Waals surface area contributed by atoms with Crippen LogP contribution >= 0.6 is 11.6 Å². The summed E-state index contributed by atoms with van der Waals surface area (Å²) < 4.78 is 40.3. The summed E-state index contributed by atoms with van der Waals surface area (Å²) in [7, 11) is 0. The summed E-state index contributed by atoms with van der Waals surface area (Å²) in [6, 6.07) is 7.98. The third-order valence-corrected chi connectivity index (χ3v) is 3.93. The first-order valence-corrected chi connectivity index (χ1v) is 7.68. The summed E-state index contributed by atoms with van der Waals surface area (Å²) in [5, 5.41) is 9.91. The Balaban J connectivity index is 1.87. The average molecular weight is 369 g/mol. The van der Waals surface area contributed by atoms with Crippen LogP contribution in [-0.4, -0.2) is 20.9 Å². The number of aromatic nitrogens is 3. The van der Waals surface area contributed by atoms with E-state index in [4.69, 9.17) is 11.6 Å². The van der Waals surface area contributed by atoms with Gasteiger partial charge in [0.05, 0.1) is 16.1 Å². The summed E-state index contributed by atoms with van der Waals surface area (Å²) in [5.74, 6) is -0.552. The second-order valence-corrected chi connectivity index (χ2v) is 5.66. The molecular formula is C16H12ClF3N4O. The van der Waals surface area contributed by atoms with E-state index in [2.05, 4.69) is 15.6 Å². The molecule has 0 radical (unpaired) electrons. The first kappa shape index (κ1) is 17.2. The van der Waals surface area contributed by atoms with E-state index < -0.39 is 22.7 Å². The molecule has 0 fully saturated rings. The number of hydrogen-bond acceptors (Lipinski definition) is 3. The van der Waals surface area contributed by atoms with Gasteiger partial charge in [-0.15, -0.1) is 5.10 Å². The molecule has 25 heavy (non-hydrogen) atoms. The molecule has 1 N–H and O–H groups in total. The van der Waals surface area contributed by atoms with E-state index in [0.717, 1.165) is 17.6 Å². The van der Waals surface area contributed by atoms with Crippen LogP contribution in [0.2, 0.25) is 5.02 Å². The van der Waals surface area contributed by atoms with Crippen molar-refractivity contribution in [1.82, 2.24) is 15.0 Å². The quantitative estimate of drug-likeness (QED) is 0.746. The number of rotatable bonds is 3. The molecule has 2 aromatic carbocycles. The van der Waals surface area contributed by atoms with Gasteiger partial charge in [-0.3, -0.25) is 4.79 Å². The highest BCUT2D eigenvalue weighted by atomic mass is 35.5. The third-order valence-electron chi connectivity index (χ3n) is 3.61. The second kappa shape index (κ2) is 6.36. The van der Waals surface area contributed by atoms with Crippen molar-refractivity contribution in [3.05, 3.63) is 52.5 Å². The highest BCUT2D eigenvalue weighted by Crippen LogP contribution is 2.36. The smallest absolute Gasteiger partial charge is 0.322 e. The van der Waals surface area contributed by atoms with Crippen LogP contribution in [0.4, 0.5) is 18.9 Å². The van der Waals surface area contributed by atoms with E-state index >= 15 is 0 Å². The summed E-state index contributed by atoms with van der Waals surface area (Å²) in [4.78, 5) is 12.3. The Bertz CT molecular complexity index is 952. The third kappa shape index (κ3) is 3.43. The van der Waals surface area contributed by atoms with Crippen molar-refractivity contribution in [2.45, 2.75) is 19.6 Å². The molecule has 5 nitrogen and oxygen atoms in total. The largest absolute Gasteiger partial charge is 0.417 e. The highest BCUT2D eigenvalue weighted by molar-refractivity contribution is 6.31. The predicted octanol–water partition coefficient (Wildman–Crippen LogP) is 4.38. The van der Waals surface area contributed by atoms with Gasteiger partial charge in [0, 0.05) is 17.8 Å². The number of benzene rings is 2. The molecule has 0 spiro atoms. The molecule has 3 aromatic rings. The van der Waals surface area contributed by atoms with E-state index in [9.17, 15) is 18.0 Å². The second-order valence-electron chi connectivity index (χ2n) is 5.26. The van der Waals surface area contributed by atoms with Crippen LogP contribution in [0.3, 0.4) is 0 Å². The topological polar surface area (TPSA) is 59.8 Å². The summed E-state index contributed by atoms with van der Waals surface area (Å²) >= 11 is 5.57. The van der Waals surface area contributed by atoms with Crippen LogP contribution in [0.5, 0.6) is 0 Å². The van der Waals surface area contributed by atoms with E-state index in [1.807, 2.05) is 6.92 Å². The van der Waals surface area contributed by atoms with E-state index in [1.165, 1.54) is 12.1 Å². The first-order valence-electron chi connectivity index (χ1n) is 7.31. The Kier molecular flexibility index (Phi) is 4.38. The molecule has 1 heterocycles. The van der Waals surface area contributed by atoms with Crippen LogP contribution in [0.25, 0.3) is 11.0 Å². The molecule has 0 aliphatic heterocycles. The number of hydrogen-bond donors (Lipinski definition) is 1. The molecule has 0 saturated heterocycles. The Labute approximate surface area is 145 Å². The van der Waals surface area contributed by atoms with Crippen molar-refractivity contribution in [1.29, 1.82) is 0 Å². The van der Waals surface area contributed by atoms with Gasteiger partial charge in [-0.1, -0.05) is 16.8 Å². The fraction of sp³-hybridized carbons (Fsp3) is 0.188. The Morgan fingerprint density at radius 3 is 2.68 bits per heavy atom. The molecule has 1 aromatic heterocycles. The zero-order chi connectivity index (χ0) is 18.2. The molecule has 130 valence electrons. The van der Waals surface area contributed by atoms with E-state index in [-0.39, 0.29) is 11.3 Å². The number of nitrogens with zero attached hydrogens (tertiary/aromatic N) is 3. The van der Waals surface area contributed by atoms with Crippen LogP contribution in [0.15, 0.2) is 36.4 Å². The molecule has 0 atom stereocenters. The fourth-order valence-corrected chi connectivity index (χ4v) is 2.60. The lowest BCUT2D eigenvalue weighted by atomic mass is 10.1. The predicted molar refractivity (Wildman–Crippen MR) is 87.6 cm³/mol. The fourth-order valence-electron chi connectivity index (χ4n) is 2.37. The van der Waals surface area contributed by atoms with Gasteiger partial charge >= 0.3 is 6.18 Å². The van der Waals surface area contributed by atoms with Crippen LogP contribution in [-0.2, 0) is 12.7 Å². The van der Waals surface area contributed by atoms with Gasteiger partial charge in [-0.25, -0.2) is 4.68 Å². The van der Waals surface area contributed by atoms with Gasteiger partial charge in [0.25, 0.3) is 5.91 Å². The number of nitrogens with one attached hydrogen (secondary N) is 1. The molecule has 1 amide bonds. The van der Waals surface area contributed by atoms with Gasteiger partial charge in [0.15, 0.2) is 0 Å². The molecule has 0 aliphatic rings. The van der Waals surface area contributed by atoms with Gasteiger partial charge in [-0.05, 0) is 43.3 Å². The SMILES string of the molecule is CCn1nnc2cc(C(=O)Nc3ccc(Cl)c(C(F)(F)F)c3)ccc21. The van der Waals surface area contributed by atoms with Crippen molar-refractivity contribution in [3.8, 4) is 0 Å². The van der Waals surface area contributed by atoms with Crippen molar-refractivity contribution < 1.29 is 18.0 Å². The lowest BCUT2D eigenvalue weighted by Crippen LogP contribution is -2.13. The van der Waals surface area contributed by atoms with Crippen LogP contribution < -0.4 is 5.32 Å². The minimum Gasteiger partial charge on any atom is -0.322 e. The van der Waals surface area contributed by atoms with Gasteiger partial charge < -0.3 is 5.32 Å². The number of fused-ring (bicyclic) bond motifs is 1. The van der Waals surface area contributed by atoms with Gasteiger partial charge in [-0.2, -0.15) is 13.2 Å². The average Bonchev–Trinajstić information content (AvgIpc) is 2.97. The summed E-state index contributed by atoms with van der Waals surface area (Å²) in [6.07, 6.45) is -4.60. The number of alkyl halides is 3.